The largest absolute Gasteiger partial charge is 0.491 e. The molecule has 24 heavy (non-hydrogen) atoms. The topological polar surface area (TPSA) is 26.3 Å². The number of allylic oxidation sites excluding steroid dienone is 1. The maximum Gasteiger partial charge on any atom is 0.185 e. The van der Waals surface area contributed by atoms with Crippen LogP contribution in [0.15, 0.2) is 72.8 Å². The van der Waals surface area contributed by atoms with Crippen molar-refractivity contribution >= 4 is 22.6 Å². The Morgan fingerprint density at radius 2 is 1.62 bits per heavy atom. The third kappa shape index (κ3) is 3.90. The van der Waals surface area contributed by atoms with Crippen molar-refractivity contribution in [2.45, 2.75) is 20.0 Å². The summed E-state index contributed by atoms with van der Waals surface area (Å²) in [5.41, 5.74) is 1.67. The molecule has 0 aromatic heterocycles. The normalized spacial score (nSPS) is 11.3. The van der Waals surface area contributed by atoms with Crippen molar-refractivity contribution in [3.05, 3.63) is 83.9 Å². The second-order valence-corrected chi connectivity index (χ2v) is 6.00. The van der Waals surface area contributed by atoms with Crippen LogP contribution in [0.1, 0.15) is 29.8 Å². The molecular weight excluding hydrogens is 296 g/mol. The van der Waals surface area contributed by atoms with Crippen LogP contribution in [0.3, 0.4) is 0 Å². The number of rotatable bonds is 5. The maximum atomic E-state index is 12.4. The van der Waals surface area contributed by atoms with Crippen LogP contribution in [0.5, 0.6) is 5.75 Å². The molecule has 120 valence electrons. The van der Waals surface area contributed by atoms with E-state index >= 15 is 0 Å². The molecule has 0 unspecified atom stereocenters. The van der Waals surface area contributed by atoms with Crippen LogP contribution in [-0.2, 0) is 0 Å². The highest BCUT2D eigenvalue weighted by atomic mass is 16.5. The lowest BCUT2D eigenvalue weighted by Crippen LogP contribution is -2.05. The molecule has 3 rings (SSSR count). The minimum atomic E-state index is 0.00302. The molecule has 0 aliphatic carbocycles. The Kier molecular flexibility index (Phi) is 4.76. The fraction of sp³-hybridized carbons (Fsp3) is 0.136. The van der Waals surface area contributed by atoms with Gasteiger partial charge in [-0.25, -0.2) is 0 Å². The van der Waals surface area contributed by atoms with Gasteiger partial charge in [0.05, 0.1) is 6.10 Å². The van der Waals surface area contributed by atoms with Gasteiger partial charge in [-0.2, -0.15) is 0 Å². The zero-order valence-electron chi connectivity index (χ0n) is 13.9. The molecular formula is C22H20O2. The quantitative estimate of drug-likeness (QED) is 0.457. The molecule has 0 aliphatic heterocycles. The number of carbonyl (C=O) groups is 1. The van der Waals surface area contributed by atoms with Crippen molar-refractivity contribution in [3.8, 4) is 5.75 Å². The number of hydrogen-bond donors (Lipinski definition) is 0. The smallest absolute Gasteiger partial charge is 0.185 e. The van der Waals surface area contributed by atoms with Crippen molar-refractivity contribution in [2.24, 2.45) is 0 Å². The first-order chi connectivity index (χ1) is 11.6. The standard InChI is InChI=1S/C22H20O2/c1-16(2)24-21-12-7-17(8-13-21)9-14-22(23)20-11-10-18-5-3-4-6-19(18)15-20/h3-16H,1-2H3/b14-9+. The molecule has 2 heteroatoms. The van der Waals surface area contributed by atoms with E-state index in [-0.39, 0.29) is 11.9 Å². The molecule has 0 fully saturated rings. The van der Waals surface area contributed by atoms with Gasteiger partial charge < -0.3 is 4.74 Å². The molecule has 0 saturated carbocycles. The summed E-state index contributed by atoms with van der Waals surface area (Å²) in [7, 11) is 0. The molecule has 0 spiro atoms. The average Bonchev–Trinajstić information content (AvgIpc) is 2.60. The van der Waals surface area contributed by atoms with Crippen molar-refractivity contribution < 1.29 is 9.53 Å². The lowest BCUT2D eigenvalue weighted by Gasteiger charge is -2.09. The van der Waals surface area contributed by atoms with Gasteiger partial charge in [0.1, 0.15) is 5.75 Å². The zero-order chi connectivity index (χ0) is 16.9. The highest BCUT2D eigenvalue weighted by Crippen LogP contribution is 2.17. The monoisotopic (exact) mass is 316 g/mol. The van der Waals surface area contributed by atoms with Gasteiger partial charge in [0, 0.05) is 5.56 Å². The fourth-order valence-electron chi connectivity index (χ4n) is 2.54. The van der Waals surface area contributed by atoms with Gasteiger partial charge in [-0.3, -0.25) is 4.79 Å². The number of ether oxygens (including phenoxy) is 1. The Labute approximate surface area is 142 Å². The number of carbonyl (C=O) groups excluding carboxylic acids is 1. The lowest BCUT2D eigenvalue weighted by atomic mass is 10.0. The summed E-state index contributed by atoms with van der Waals surface area (Å²) < 4.78 is 5.61. The first-order valence-electron chi connectivity index (χ1n) is 8.10. The number of ketones is 1. The van der Waals surface area contributed by atoms with Crippen LogP contribution in [0.4, 0.5) is 0 Å². The number of benzene rings is 3. The minimum Gasteiger partial charge on any atom is -0.491 e. The van der Waals surface area contributed by atoms with E-state index in [1.165, 1.54) is 0 Å². The van der Waals surface area contributed by atoms with E-state index in [2.05, 4.69) is 0 Å². The summed E-state index contributed by atoms with van der Waals surface area (Å²) in [6.07, 6.45) is 3.60. The summed E-state index contributed by atoms with van der Waals surface area (Å²) in [5, 5.41) is 2.21. The summed E-state index contributed by atoms with van der Waals surface area (Å²) in [6.45, 7) is 3.99. The predicted octanol–water partition coefficient (Wildman–Crippen LogP) is 5.52. The number of fused-ring (bicyclic) bond motifs is 1. The molecule has 0 aliphatic rings. The van der Waals surface area contributed by atoms with E-state index in [0.717, 1.165) is 22.1 Å². The van der Waals surface area contributed by atoms with E-state index in [9.17, 15) is 4.79 Å². The van der Waals surface area contributed by atoms with Gasteiger partial charge in [0.25, 0.3) is 0 Å². The fourth-order valence-corrected chi connectivity index (χ4v) is 2.54. The van der Waals surface area contributed by atoms with Crippen LogP contribution in [0.25, 0.3) is 16.8 Å². The maximum absolute atomic E-state index is 12.4. The van der Waals surface area contributed by atoms with E-state index in [1.54, 1.807) is 6.08 Å². The Balaban J connectivity index is 1.74. The lowest BCUT2D eigenvalue weighted by molar-refractivity contribution is 0.104. The summed E-state index contributed by atoms with van der Waals surface area (Å²) >= 11 is 0. The van der Waals surface area contributed by atoms with E-state index in [1.807, 2.05) is 86.7 Å². The van der Waals surface area contributed by atoms with Crippen LogP contribution in [0.2, 0.25) is 0 Å². The molecule has 3 aromatic carbocycles. The third-order valence-corrected chi connectivity index (χ3v) is 3.71. The first kappa shape index (κ1) is 16.0. The van der Waals surface area contributed by atoms with Gasteiger partial charge in [0.2, 0.25) is 0 Å². The number of hydrogen-bond acceptors (Lipinski definition) is 2. The van der Waals surface area contributed by atoms with E-state index in [0.29, 0.717) is 5.56 Å². The highest BCUT2D eigenvalue weighted by Gasteiger charge is 2.03. The van der Waals surface area contributed by atoms with Crippen molar-refractivity contribution in [1.29, 1.82) is 0 Å². The Hall–Kier alpha value is -2.87. The van der Waals surface area contributed by atoms with Gasteiger partial charge in [-0.15, -0.1) is 0 Å². The third-order valence-electron chi connectivity index (χ3n) is 3.71. The molecule has 0 amide bonds. The Morgan fingerprint density at radius 3 is 2.33 bits per heavy atom. The molecule has 2 nitrogen and oxygen atoms in total. The molecule has 0 N–H and O–H groups in total. The molecule has 0 heterocycles. The van der Waals surface area contributed by atoms with E-state index in [4.69, 9.17) is 4.74 Å². The van der Waals surface area contributed by atoms with E-state index < -0.39 is 0 Å². The van der Waals surface area contributed by atoms with Crippen LogP contribution < -0.4 is 4.74 Å². The molecule has 0 radical (unpaired) electrons. The summed E-state index contributed by atoms with van der Waals surface area (Å²) in [6, 6.07) is 21.5. The van der Waals surface area contributed by atoms with Gasteiger partial charge in [0.15, 0.2) is 5.78 Å². The van der Waals surface area contributed by atoms with Crippen LogP contribution in [-0.4, -0.2) is 11.9 Å². The van der Waals surface area contributed by atoms with Crippen molar-refractivity contribution in [2.75, 3.05) is 0 Å². The predicted molar refractivity (Wildman–Crippen MR) is 99.5 cm³/mol. The molecule has 3 aromatic rings. The summed E-state index contributed by atoms with van der Waals surface area (Å²) in [4.78, 5) is 12.4. The minimum absolute atomic E-state index is 0.00302. The first-order valence-corrected chi connectivity index (χ1v) is 8.10. The molecule has 0 saturated heterocycles. The highest BCUT2D eigenvalue weighted by molar-refractivity contribution is 6.08. The van der Waals surface area contributed by atoms with Crippen LogP contribution in [0, 0.1) is 0 Å². The average molecular weight is 316 g/mol. The van der Waals surface area contributed by atoms with Gasteiger partial charge in [-0.05, 0) is 54.5 Å². The Bertz CT molecular complexity index is 874. The van der Waals surface area contributed by atoms with Crippen LogP contribution >= 0.6 is 0 Å². The summed E-state index contributed by atoms with van der Waals surface area (Å²) in [5.74, 6) is 0.839. The van der Waals surface area contributed by atoms with Crippen molar-refractivity contribution in [3.63, 3.8) is 0 Å². The SMILES string of the molecule is CC(C)Oc1ccc(/C=C/C(=O)c2ccc3ccccc3c2)cc1. The molecule has 0 atom stereocenters. The second kappa shape index (κ2) is 7.14. The van der Waals surface area contributed by atoms with Gasteiger partial charge in [-0.1, -0.05) is 54.6 Å². The zero-order valence-corrected chi connectivity index (χ0v) is 13.9. The van der Waals surface area contributed by atoms with Crippen molar-refractivity contribution in [1.82, 2.24) is 0 Å². The molecule has 0 bridgehead atoms. The van der Waals surface area contributed by atoms with Gasteiger partial charge >= 0.3 is 0 Å². The second-order valence-electron chi connectivity index (χ2n) is 6.00. The Morgan fingerprint density at radius 1 is 0.917 bits per heavy atom.